The molecule has 14 heavy (non-hydrogen) atoms. The Morgan fingerprint density at radius 1 is 1.50 bits per heavy atom. The van der Waals surface area contributed by atoms with Crippen LogP contribution in [0.15, 0.2) is 16.8 Å². The van der Waals surface area contributed by atoms with Crippen molar-refractivity contribution in [3.8, 4) is 0 Å². The van der Waals surface area contributed by atoms with Crippen LogP contribution in [0.1, 0.15) is 44.1 Å². The van der Waals surface area contributed by atoms with Gasteiger partial charge in [-0.3, -0.25) is 0 Å². The fourth-order valence-corrected chi connectivity index (χ4v) is 3.37. The van der Waals surface area contributed by atoms with Gasteiger partial charge in [-0.1, -0.05) is 13.3 Å². The lowest BCUT2D eigenvalue weighted by Gasteiger charge is -2.34. The van der Waals surface area contributed by atoms with Crippen LogP contribution in [0.25, 0.3) is 0 Å². The summed E-state index contributed by atoms with van der Waals surface area (Å²) in [4.78, 5) is 0. The van der Waals surface area contributed by atoms with Crippen molar-refractivity contribution in [3.05, 3.63) is 22.4 Å². The van der Waals surface area contributed by atoms with Gasteiger partial charge in [0.25, 0.3) is 0 Å². The van der Waals surface area contributed by atoms with Crippen LogP contribution in [-0.2, 0) is 0 Å². The van der Waals surface area contributed by atoms with E-state index in [1.165, 1.54) is 31.2 Å². The van der Waals surface area contributed by atoms with Crippen molar-refractivity contribution in [2.75, 3.05) is 0 Å². The first-order chi connectivity index (χ1) is 6.81. The maximum Gasteiger partial charge on any atom is 0.00448 e. The Morgan fingerprint density at radius 3 is 3.00 bits per heavy atom. The Balaban J connectivity index is 2.13. The van der Waals surface area contributed by atoms with E-state index in [-0.39, 0.29) is 0 Å². The van der Waals surface area contributed by atoms with Gasteiger partial charge in [-0.05, 0) is 53.5 Å². The van der Waals surface area contributed by atoms with Gasteiger partial charge in [-0.2, -0.15) is 11.3 Å². The molecule has 1 nitrogen and oxygen atoms in total. The van der Waals surface area contributed by atoms with E-state index in [0.717, 1.165) is 11.8 Å². The first-order valence-electron chi connectivity index (χ1n) is 5.59. The molecule has 1 fully saturated rings. The van der Waals surface area contributed by atoms with E-state index in [1.807, 2.05) is 0 Å². The summed E-state index contributed by atoms with van der Waals surface area (Å²) in [6.07, 6.45) is 5.03. The lowest BCUT2D eigenvalue weighted by molar-refractivity contribution is 0.274. The SMILES string of the molecule is CCC1CCC(N)CC1c1ccsc1. The van der Waals surface area contributed by atoms with Crippen molar-refractivity contribution >= 4 is 11.3 Å². The molecular formula is C12H19NS. The third-order valence-electron chi connectivity index (χ3n) is 3.53. The van der Waals surface area contributed by atoms with Crippen LogP contribution in [0.3, 0.4) is 0 Å². The molecule has 2 rings (SSSR count). The molecule has 1 aliphatic carbocycles. The molecule has 78 valence electrons. The minimum absolute atomic E-state index is 0.433. The Bertz CT molecular complexity index is 268. The maximum absolute atomic E-state index is 6.05. The molecule has 0 spiro atoms. The van der Waals surface area contributed by atoms with Crippen LogP contribution in [-0.4, -0.2) is 6.04 Å². The molecule has 0 bridgehead atoms. The van der Waals surface area contributed by atoms with Crippen LogP contribution in [0.2, 0.25) is 0 Å². The second-order valence-electron chi connectivity index (χ2n) is 4.40. The second-order valence-corrected chi connectivity index (χ2v) is 5.18. The van der Waals surface area contributed by atoms with Crippen molar-refractivity contribution in [1.29, 1.82) is 0 Å². The molecule has 1 aromatic heterocycles. The molecule has 1 aromatic rings. The highest BCUT2D eigenvalue weighted by Crippen LogP contribution is 2.39. The van der Waals surface area contributed by atoms with E-state index >= 15 is 0 Å². The smallest absolute Gasteiger partial charge is 0.00448 e. The summed E-state index contributed by atoms with van der Waals surface area (Å²) in [6.45, 7) is 2.31. The maximum atomic E-state index is 6.05. The largest absolute Gasteiger partial charge is 0.328 e. The van der Waals surface area contributed by atoms with Gasteiger partial charge in [0.05, 0.1) is 0 Å². The van der Waals surface area contributed by atoms with Gasteiger partial charge in [0.1, 0.15) is 0 Å². The summed E-state index contributed by atoms with van der Waals surface area (Å²) < 4.78 is 0. The first kappa shape index (κ1) is 10.2. The number of hydrogen-bond acceptors (Lipinski definition) is 2. The molecular weight excluding hydrogens is 190 g/mol. The molecule has 1 heterocycles. The highest BCUT2D eigenvalue weighted by atomic mass is 32.1. The van der Waals surface area contributed by atoms with Gasteiger partial charge in [0.15, 0.2) is 0 Å². The zero-order valence-corrected chi connectivity index (χ0v) is 9.59. The zero-order chi connectivity index (χ0) is 9.97. The van der Waals surface area contributed by atoms with Crippen molar-refractivity contribution < 1.29 is 0 Å². The molecule has 0 amide bonds. The van der Waals surface area contributed by atoms with Crippen molar-refractivity contribution in [2.24, 2.45) is 11.7 Å². The molecule has 1 aliphatic rings. The normalized spacial score (nSPS) is 33.1. The summed E-state index contributed by atoms with van der Waals surface area (Å²) in [7, 11) is 0. The second kappa shape index (κ2) is 4.45. The van der Waals surface area contributed by atoms with Gasteiger partial charge in [-0.15, -0.1) is 0 Å². The highest BCUT2D eigenvalue weighted by Gasteiger charge is 2.28. The van der Waals surface area contributed by atoms with Gasteiger partial charge in [-0.25, -0.2) is 0 Å². The fraction of sp³-hybridized carbons (Fsp3) is 0.667. The minimum atomic E-state index is 0.433. The number of hydrogen-bond donors (Lipinski definition) is 1. The third-order valence-corrected chi connectivity index (χ3v) is 4.23. The van der Waals surface area contributed by atoms with Gasteiger partial charge >= 0.3 is 0 Å². The standard InChI is InChI=1S/C12H19NS/c1-2-9-3-4-11(13)7-12(9)10-5-6-14-8-10/h5-6,8-9,11-12H,2-4,7,13H2,1H3. The first-order valence-corrected chi connectivity index (χ1v) is 6.53. The molecule has 2 heteroatoms. The van der Waals surface area contributed by atoms with E-state index < -0.39 is 0 Å². The monoisotopic (exact) mass is 209 g/mol. The van der Waals surface area contributed by atoms with Gasteiger partial charge in [0, 0.05) is 6.04 Å². The van der Waals surface area contributed by atoms with Crippen LogP contribution in [0.5, 0.6) is 0 Å². The zero-order valence-electron chi connectivity index (χ0n) is 8.78. The average molecular weight is 209 g/mol. The molecule has 0 aliphatic heterocycles. The van der Waals surface area contributed by atoms with Crippen molar-refractivity contribution in [2.45, 2.75) is 44.6 Å². The van der Waals surface area contributed by atoms with Crippen LogP contribution in [0, 0.1) is 5.92 Å². The lowest BCUT2D eigenvalue weighted by atomic mass is 9.73. The van der Waals surface area contributed by atoms with Gasteiger partial charge < -0.3 is 5.73 Å². The van der Waals surface area contributed by atoms with E-state index in [1.54, 1.807) is 11.3 Å². The summed E-state index contributed by atoms with van der Waals surface area (Å²) in [5, 5.41) is 4.48. The minimum Gasteiger partial charge on any atom is -0.328 e. The van der Waals surface area contributed by atoms with Gasteiger partial charge in [0.2, 0.25) is 0 Å². The average Bonchev–Trinajstić information content (AvgIpc) is 2.70. The Morgan fingerprint density at radius 2 is 2.36 bits per heavy atom. The topological polar surface area (TPSA) is 26.0 Å². The van der Waals surface area contributed by atoms with Crippen molar-refractivity contribution in [3.63, 3.8) is 0 Å². The Labute approximate surface area is 90.3 Å². The number of nitrogens with two attached hydrogens (primary N) is 1. The number of rotatable bonds is 2. The summed E-state index contributed by atoms with van der Waals surface area (Å²) in [5.74, 6) is 1.60. The van der Waals surface area contributed by atoms with E-state index in [2.05, 4.69) is 23.8 Å². The molecule has 1 saturated carbocycles. The molecule has 3 atom stereocenters. The fourth-order valence-electron chi connectivity index (χ4n) is 2.65. The number of thiophene rings is 1. The molecule has 0 aromatic carbocycles. The van der Waals surface area contributed by atoms with Crippen LogP contribution >= 0.6 is 11.3 Å². The summed E-state index contributed by atoms with van der Waals surface area (Å²) >= 11 is 1.81. The van der Waals surface area contributed by atoms with E-state index in [9.17, 15) is 0 Å². The lowest BCUT2D eigenvalue weighted by Crippen LogP contribution is -2.31. The quantitative estimate of drug-likeness (QED) is 0.794. The Kier molecular flexibility index (Phi) is 3.24. The molecule has 3 unspecified atom stereocenters. The van der Waals surface area contributed by atoms with E-state index in [0.29, 0.717) is 6.04 Å². The Hall–Kier alpha value is -0.340. The highest BCUT2D eigenvalue weighted by molar-refractivity contribution is 7.07. The molecule has 0 radical (unpaired) electrons. The molecule has 2 N–H and O–H groups in total. The molecule has 0 saturated heterocycles. The summed E-state index contributed by atoms with van der Waals surface area (Å²) in [6, 6.07) is 2.71. The predicted octanol–water partition coefficient (Wildman–Crippen LogP) is 3.37. The van der Waals surface area contributed by atoms with E-state index in [4.69, 9.17) is 5.73 Å². The summed E-state index contributed by atoms with van der Waals surface area (Å²) in [5.41, 5.74) is 7.58. The third kappa shape index (κ3) is 2.01. The van der Waals surface area contributed by atoms with Crippen LogP contribution < -0.4 is 5.73 Å². The van der Waals surface area contributed by atoms with Crippen molar-refractivity contribution in [1.82, 2.24) is 0 Å². The predicted molar refractivity (Wildman–Crippen MR) is 62.7 cm³/mol. The van der Waals surface area contributed by atoms with Crippen LogP contribution in [0.4, 0.5) is 0 Å².